The molecular weight excluding hydrogens is 354 g/mol. The maximum absolute atomic E-state index is 6.29. The molecule has 1 aliphatic heterocycles. The van der Waals surface area contributed by atoms with Gasteiger partial charge in [0.05, 0.1) is 0 Å². The molecule has 0 aromatic heterocycles. The molecule has 1 fully saturated rings. The molecule has 0 radical (unpaired) electrons. The second-order valence-corrected chi connectivity index (χ2v) is 6.71. The minimum absolute atomic E-state index is 0.0276. The fourth-order valence-corrected chi connectivity index (χ4v) is 3.44. The van der Waals surface area contributed by atoms with Gasteiger partial charge in [-0.3, -0.25) is 0 Å². The number of hydrogen-bond acceptors (Lipinski definition) is 2. The summed E-state index contributed by atoms with van der Waals surface area (Å²) in [6, 6.07) is 19.1. The van der Waals surface area contributed by atoms with Crippen LogP contribution in [0.4, 0.5) is 0 Å². The van der Waals surface area contributed by atoms with Crippen LogP contribution in [-0.4, -0.2) is 31.1 Å². The van der Waals surface area contributed by atoms with E-state index in [0.717, 1.165) is 23.6 Å². The van der Waals surface area contributed by atoms with Gasteiger partial charge in [-0.25, -0.2) is 0 Å². The van der Waals surface area contributed by atoms with E-state index in [4.69, 9.17) is 16.3 Å². The van der Waals surface area contributed by atoms with Gasteiger partial charge >= 0.3 is 0 Å². The van der Waals surface area contributed by atoms with Crippen LogP contribution in [0.15, 0.2) is 54.6 Å². The maximum atomic E-state index is 6.29. The summed E-state index contributed by atoms with van der Waals surface area (Å²) in [5.74, 6) is 0. The monoisotopic (exact) mass is 389 g/mol. The van der Waals surface area contributed by atoms with Crippen molar-refractivity contribution in [3.63, 3.8) is 0 Å². The molecule has 0 aliphatic carbocycles. The summed E-state index contributed by atoms with van der Waals surface area (Å²) in [5, 5.41) is 0.758. The zero-order chi connectivity index (χ0) is 20.1. The molecule has 3 rings (SSSR count). The van der Waals surface area contributed by atoms with Gasteiger partial charge in [-0.05, 0) is 56.1 Å². The highest BCUT2D eigenvalue weighted by molar-refractivity contribution is 6.30. The molecule has 3 heteroatoms. The molecule has 27 heavy (non-hydrogen) atoms. The maximum Gasteiger partial charge on any atom is 0.108 e. The Balaban J connectivity index is 0.000000855. The van der Waals surface area contributed by atoms with Gasteiger partial charge in [-0.15, -0.1) is 0 Å². The first-order valence-electron chi connectivity index (χ1n) is 10.4. The summed E-state index contributed by atoms with van der Waals surface area (Å²) in [4.78, 5) is 2.45. The van der Waals surface area contributed by atoms with Crippen LogP contribution in [0, 0.1) is 0 Å². The fourth-order valence-electron chi connectivity index (χ4n) is 3.32. The van der Waals surface area contributed by atoms with Gasteiger partial charge in [0.2, 0.25) is 0 Å². The Morgan fingerprint density at radius 1 is 0.963 bits per heavy atom. The SMILES string of the molecule is CC.CC.CN1CCCC1CCOC(c1ccccc1)c1ccc(Cl)cc1. The quantitative estimate of drug-likeness (QED) is 0.528. The Morgan fingerprint density at radius 2 is 1.56 bits per heavy atom. The first-order valence-corrected chi connectivity index (χ1v) is 10.7. The van der Waals surface area contributed by atoms with Gasteiger partial charge < -0.3 is 9.64 Å². The Morgan fingerprint density at radius 3 is 2.11 bits per heavy atom. The van der Waals surface area contributed by atoms with Gasteiger partial charge in [-0.2, -0.15) is 0 Å². The Hall–Kier alpha value is -1.35. The summed E-state index contributed by atoms with van der Waals surface area (Å²) in [6.07, 6.45) is 3.66. The van der Waals surface area contributed by atoms with E-state index in [1.54, 1.807) is 0 Å². The van der Waals surface area contributed by atoms with Crippen LogP contribution in [0.25, 0.3) is 0 Å². The van der Waals surface area contributed by atoms with Crippen molar-refractivity contribution >= 4 is 11.6 Å². The van der Waals surface area contributed by atoms with Gasteiger partial charge in [0.15, 0.2) is 0 Å². The Labute approximate surface area is 171 Å². The molecule has 0 saturated carbocycles. The van der Waals surface area contributed by atoms with Crippen molar-refractivity contribution in [1.29, 1.82) is 0 Å². The first-order chi connectivity index (χ1) is 13.2. The zero-order valence-corrected chi connectivity index (χ0v) is 18.4. The Kier molecular flexibility index (Phi) is 12.1. The number of ether oxygens (including phenoxy) is 1. The number of halogens is 1. The second kappa shape index (κ2) is 13.8. The summed E-state index contributed by atoms with van der Waals surface area (Å²) in [5.41, 5.74) is 2.34. The highest BCUT2D eigenvalue weighted by atomic mass is 35.5. The van der Waals surface area contributed by atoms with Crippen LogP contribution in [-0.2, 0) is 4.74 Å². The van der Waals surface area contributed by atoms with E-state index in [9.17, 15) is 0 Å². The predicted octanol–water partition coefficient (Wildman–Crippen LogP) is 6.98. The lowest BCUT2D eigenvalue weighted by Gasteiger charge is -2.23. The predicted molar refractivity (Wildman–Crippen MR) is 119 cm³/mol. The number of benzene rings is 2. The Bertz CT molecular complexity index is 600. The smallest absolute Gasteiger partial charge is 0.108 e. The summed E-state index contributed by atoms with van der Waals surface area (Å²) < 4.78 is 6.29. The molecule has 1 heterocycles. The highest BCUT2D eigenvalue weighted by Crippen LogP contribution is 2.28. The van der Waals surface area contributed by atoms with Crippen molar-refractivity contribution in [2.75, 3.05) is 20.2 Å². The summed E-state index contributed by atoms with van der Waals surface area (Å²) >= 11 is 6.02. The van der Waals surface area contributed by atoms with E-state index in [-0.39, 0.29) is 6.10 Å². The van der Waals surface area contributed by atoms with E-state index >= 15 is 0 Å². The van der Waals surface area contributed by atoms with Gasteiger partial charge in [-0.1, -0.05) is 81.8 Å². The topological polar surface area (TPSA) is 12.5 Å². The lowest BCUT2D eigenvalue weighted by molar-refractivity contribution is 0.0661. The molecule has 2 aromatic rings. The molecule has 0 N–H and O–H groups in total. The molecule has 0 bridgehead atoms. The molecule has 2 atom stereocenters. The third kappa shape index (κ3) is 7.65. The van der Waals surface area contributed by atoms with Crippen molar-refractivity contribution in [2.24, 2.45) is 0 Å². The minimum Gasteiger partial charge on any atom is -0.369 e. The molecule has 150 valence electrons. The third-order valence-corrected chi connectivity index (χ3v) is 4.93. The van der Waals surface area contributed by atoms with Crippen LogP contribution in [0.3, 0.4) is 0 Å². The largest absolute Gasteiger partial charge is 0.369 e. The highest BCUT2D eigenvalue weighted by Gasteiger charge is 2.21. The number of nitrogens with zero attached hydrogens (tertiary/aromatic N) is 1. The molecule has 1 aliphatic rings. The number of rotatable bonds is 6. The van der Waals surface area contributed by atoms with Crippen molar-refractivity contribution in [3.05, 3.63) is 70.7 Å². The zero-order valence-electron chi connectivity index (χ0n) is 17.6. The fraction of sp³-hybridized carbons (Fsp3) is 0.500. The first kappa shape index (κ1) is 23.7. The standard InChI is InChI=1S/C20H24ClNO.2C2H6/c1-22-14-5-8-19(22)13-15-23-20(16-6-3-2-4-7-16)17-9-11-18(21)12-10-17;2*1-2/h2-4,6-7,9-12,19-20H,5,8,13-15H2,1H3;2*1-2H3. The van der Waals surface area contributed by atoms with Gasteiger partial charge in [0, 0.05) is 17.7 Å². The molecule has 0 amide bonds. The third-order valence-electron chi connectivity index (χ3n) is 4.68. The van der Waals surface area contributed by atoms with Crippen molar-refractivity contribution in [3.8, 4) is 0 Å². The summed E-state index contributed by atoms with van der Waals surface area (Å²) in [7, 11) is 2.21. The average molecular weight is 390 g/mol. The molecule has 2 nitrogen and oxygen atoms in total. The number of likely N-dealkylation sites (tertiary alicyclic amines) is 1. The van der Waals surface area contributed by atoms with Crippen molar-refractivity contribution < 1.29 is 4.74 Å². The van der Waals surface area contributed by atoms with Crippen LogP contribution in [0.2, 0.25) is 5.02 Å². The van der Waals surface area contributed by atoms with E-state index in [0.29, 0.717) is 6.04 Å². The van der Waals surface area contributed by atoms with E-state index in [2.05, 4.69) is 48.3 Å². The summed E-state index contributed by atoms with van der Waals surface area (Å²) in [6.45, 7) is 9.99. The average Bonchev–Trinajstić information content (AvgIpc) is 3.15. The molecule has 2 unspecified atom stereocenters. The van der Waals surface area contributed by atoms with E-state index in [1.165, 1.54) is 24.9 Å². The molecule has 0 spiro atoms. The lowest BCUT2D eigenvalue weighted by atomic mass is 10.0. The van der Waals surface area contributed by atoms with Gasteiger partial charge in [0.25, 0.3) is 0 Å². The van der Waals surface area contributed by atoms with Gasteiger partial charge in [0.1, 0.15) is 6.10 Å². The van der Waals surface area contributed by atoms with Crippen molar-refractivity contribution in [2.45, 2.75) is 59.1 Å². The van der Waals surface area contributed by atoms with Crippen LogP contribution in [0.5, 0.6) is 0 Å². The lowest BCUT2D eigenvalue weighted by Crippen LogP contribution is -2.26. The molecule has 2 aromatic carbocycles. The second-order valence-electron chi connectivity index (χ2n) is 6.28. The van der Waals surface area contributed by atoms with Crippen LogP contribution >= 0.6 is 11.6 Å². The number of hydrogen-bond donors (Lipinski definition) is 0. The van der Waals surface area contributed by atoms with Crippen LogP contribution < -0.4 is 0 Å². The minimum atomic E-state index is -0.0276. The van der Waals surface area contributed by atoms with E-state index in [1.807, 2.05) is 45.9 Å². The molecule has 1 saturated heterocycles. The van der Waals surface area contributed by atoms with Crippen LogP contribution in [0.1, 0.15) is 64.2 Å². The van der Waals surface area contributed by atoms with E-state index < -0.39 is 0 Å². The molecular formula is C24H36ClNO. The van der Waals surface area contributed by atoms with Crippen molar-refractivity contribution in [1.82, 2.24) is 4.90 Å². The normalized spacial score (nSPS) is 17.3.